The molecule has 0 aliphatic heterocycles. The Hall–Kier alpha value is -0.560. The summed E-state index contributed by atoms with van der Waals surface area (Å²) >= 11 is 0. The van der Waals surface area contributed by atoms with Crippen molar-refractivity contribution in [2.45, 2.75) is 119 Å². The van der Waals surface area contributed by atoms with Crippen LogP contribution in [0.2, 0.25) is 0 Å². The van der Waals surface area contributed by atoms with E-state index in [2.05, 4.69) is 67.5 Å². The summed E-state index contributed by atoms with van der Waals surface area (Å²) in [5.41, 5.74) is 4.34. The maximum absolute atomic E-state index is 10.8. The predicted octanol–water partition coefficient (Wildman–Crippen LogP) is 8.34. The van der Waals surface area contributed by atoms with Crippen LogP contribution in [0.1, 0.15) is 113 Å². The number of fused-ring (bicyclic) bond motifs is 5. The molecule has 176 valence electrons. The minimum absolute atomic E-state index is 0.000660. The standard InChI is InChI=1S/C30H50O/c1-20(2)10-9-11-21(3)22-14-18-30(8)24-12-13-25-27(4,5)26(31)16-17-28(25,6)23(24)15-19-29(22,30)7/h12,15,20-22,25-26,31H,9-11,13-14,16-19H2,1-8H3/t21-,22-,25-,26+,28+,29-,30+/m0/s1. The lowest BCUT2D eigenvalue weighted by Gasteiger charge is -2.61. The summed E-state index contributed by atoms with van der Waals surface area (Å²) in [6.07, 6.45) is 16.6. The van der Waals surface area contributed by atoms with Gasteiger partial charge in [0.25, 0.3) is 0 Å². The van der Waals surface area contributed by atoms with Crippen LogP contribution in [0.4, 0.5) is 0 Å². The molecule has 0 aromatic carbocycles. The Morgan fingerprint density at radius 1 is 0.935 bits per heavy atom. The fourth-order valence-electron chi connectivity index (χ4n) is 8.99. The Morgan fingerprint density at radius 3 is 2.32 bits per heavy atom. The van der Waals surface area contributed by atoms with E-state index in [9.17, 15) is 5.11 Å². The van der Waals surface area contributed by atoms with Gasteiger partial charge in [-0.15, -0.1) is 0 Å². The van der Waals surface area contributed by atoms with Crippen LogP contribution in [0.3, 0.4) is 0 Å². The van der Waals surface area contributed by atoms with E-state index in [1.54, 1.807) is 11.1 Å². The average Bonchev–Trinajstić information content (AvgIpc) is 2.96. The lowest BCUT2D eigenvalue weighted by Crippen LogP contribution is -2.54. The van der Waals surface area contributed by atoms with Gasteiger partial charge in [0.15, 0.2) is 0 Å². The Balaban J connectivity index is 1.64. The summed E-state index contributed by atoms with van der Waals surface area (Å²) < 4.78 is 0. The second-order valence-electron chi connectivity index (χ2n) is 13.7. The third kappa shape index (κ3) is 3.34. The van der Waals surface area contributed by atoms with Gasteiger partial charge in [0.2, 0.25) is 0 Å². The molecule has 31 heavy (non-hydrogen) atoms. The van der Waals surface area contributed by atoms with E-state index >= 15 is 0 Å². The van der Waals surface area contributed by atoms with Crippen molar-refractivity contribution in [3.05, 3.63) is 23.3 Å². The summed E-state index contributed by atoms with van der Waals surface area (Å²) in [6.45, 7) is 19.7. The van der Waals surface area contributed by atoms with E-state index in [1.807, 2.05) is 0 Å². The van der Waals surface area contributed by atoms with Crippen molar-refractivity contribution in [2.75, 3.05) is 0 Å². The number of aliphatic hydroxyl groups excluding tert-OH is 1. The van der Waals surface area contributed by atoms with Gasteiger partial charge in [0.1, 0.15) is 0 Å². The second kappa shape index (κ2) is 7.75. The molecule has 0 spiro atoms. The lowest BCUT2D eigenvalue weighted by atomic mass is 9.44. The quantitative estimate of drug-likeness (QED) is 0.468. The third-order valence-corrected chi connectivity index (χ3v) is 11.4. The van der Waals surface area contributed by atoms with Crippen molar-refractivity contribution in [3.8, 4) is 0 Å². The van der Waals surface area contributed by atoms with Crippen LogP contribution in [-0.2, 0) is 0 Å². The van der Waals surface area contributed by atoms with Crippen LogP contribution in [0.15, 0.2) is 23.3 Å². The molecule has 0 saturated heterocycles. The lowest BCUT2D eigenvalue weighted by molar-refractivity contribution is -0.0851. The molecular weight excluding hydrogens is 376 g/mol. The van der Waals surface area contributed by atoms with Crippen molar-refractivity contribution < 1.29 is 5.11 Å². The first-order chi connectivity index (χ1) is 14.4. The molecule has 0 aromatic heterocycles. The number of hydrogen-bond acceptors (Lipinski definition) is 1. The zero-order valence-electron chi connectivity index (χ0n) is 21.9. The number of allylic oxidation sites excluding steroid dienone is 4. The summed E-state index contributed by atoms with van der Waals surface area (Å²) in [5.74, 6) is 3.06. The van der Waals surface area contributed by atoms with Gasteiger partial charge in [0.05, 0.1) is 6.10 Å². The summed E-state index contributed by atoms with van der Waals surface area (Å²) in [4.78, 5) is 0. The molecule has 4 aliphatic carbocycles. The zero-order chi connectivity index (χ0) is 22.8. The summed E-state index contributed by atoms with van der Waals surface area (Å²) in [5, 5.41) is 10.8. The van der Waals surface area contributed by atoms with Crippen molar-refractivity contribution in [2.24, 2.45) is 45.3 Å². The highest BCUT2D eigenvalue weighted by atomic mass is 16.3. The van der Waals surface area contributed by atoms with Crippen LogP contribution < -0.4 is 0 Å². The maximum atomic E-state index is 10.8. The van der Waals surface area contributed by atoms with Gasteiger partial charge >= 0.3 is 0 Å². The Kier molecular flexibility index (Phi) is 5.90. The van der Waals surface area contributed by atoms with Crippen molar-refractivity contribution >= 4 is 0 Å². The van der Waals surface area contributed by atoms with E-state index < -0.39 is 0 Å². The largest absolute Gasteiger partial charge is 0.393 e. The van der Waals surface area contributed by atoms with Crippen LogP contribution in [0, 0.1) is 45.3 Å². The topological polar surface area (TPSA) is 20.2 Å². The smallest absolute Gasteiger partial charge is 0.0594 e. The van der Waals surface area contributed by atoms with Gasteiger partial charge in [-0.2, -0.15) is 0 Å². The third-order valence-electron chi connectivity index (χ3n) is 11.4. The SMILES string of the molecule is CC(C)CCC[C@H](C)[C@@H]1CC[C@]2(C)C3=CC[C@H]4C(C)(C)[C@H](O)CC[C@]4(C)C3=CC[C@@]12C. The minimum Gasteiger partial charge on any atom is -0.393 e. The van der Waals surface area contributed by atoms with Gasteiger partial charge < -0.3 is 5.11 Å². The van der Waals surface area contributed by atoms with Crippen molar-refractivity contribution in [1.82, 2.24) is 0 Å². The average molecular weight is 427 g/mol. The predicted molar refractivity (Wildman–Crippen MR) is 133 cm³/mol. The summed E-state index contributed by atoms with van der Waals surface area (Å²) in [7, 11) is 0. The normalized spacial score (nSPS) is 44.8. The van der Waals surface area contributed by atoms with Gasteiger partial charge in [-0.25, -0.2) is 0 Å². The van der Waals surface area contributed by atoms with E-state index in [0.717, 1.165) is 37.0 Å². The van der Waals surface area contributed by atoms with Gasteiger partial charge in [-0.1, -0.05) is 86.8 Å². The Morgan fingerprint density at radius 2 is 1.65 bits per heavy atom. The summed E-state index contributed by atoms with van der Waals surface area (Å²) in [6, 6.07) is 0. The molecule has 4 rings (SSSR count). The minimum atomic E-state index is -0.159. The highest BCUT2D eigenvalue weighted by Gasteiger charge is 2.62. The fraction of sp³-hybridized carbons (Fsp3) is 0.867. The van der Waals surface area contributed by atoms with Crippen molar-refractivity contribution in [3.63, 3.8) is 0 Å². The van der Waals surface area contributed by atoms with Gasteiger partial charge in [-0.3, -0.25) is 0 Å². The molecule has 2 fully saturated rings. The molecule has 0 unspecified atom stereocenters. The fourth-order valence-corrected chi connectivity index (χ4v) is 8.99. The number of hydrogen-bond donors (Lipinski definition) is 1. The molecule has 0 heterocycles. The van der Waals surface area contributed by atoms with E-state index in [-0.39, 0.29) is 16.9 Å². The molecular formula is C30H50O. The molecule has 7 atom stereocenters. The first-order valence-corrected chi connectivity index (χ1v) is 13.5. The first-order valence-electron chi connectivity index (χ1n) is 13.5. The van der Waals surface area contributed by atoms with Crippen molar-refractivity contribution in [1.29, 1.82) is 0 Å². The molecule has 0 amide bonds. The molecule has 0 aromatic rings. The molecule has 2 saturated carbocycles. The number of aliphatic hydroxyl groups is 1. The highest BCUT2D eigenvalue weighted by molar-refractivity contribution is 5.49. The van der Waals surface area contributed by atoms with Gasteiger partial charge in [-0.05, 0) is 95.0 Å². The number of rotatable bonds is 5. The monoisotopic (exact) mass is 426 g/mol. The van der Waals surface area contributed by atoms with Gasteiger partial charge in [0, 0.05) is 0 Å². The van der Waals surface area contributed by atoms with Crippen LogP contribution in [-0.4, -0.2) is 11.2 Å². The molecule has 1 heteroatoms. The van der Waals surface area contributed by atoms with Crippen LogP contribution in [0.5, 0.6) is 0 Å². The first kappa shape index (κ1) is 23.6. The van der Waals surface area contributed by atoms with E-state index in [0.29, 0.717) is 16.7 Å². The highest BCUT2D eigenvalue weighted by Crippen LogP contribution is 2.71. The maximum Gasteiger partial charge on any atom is 0.0594 e. The molecule has 1 N–H and O–H groups in total. The van der Waals surface area contributed by atoms with E-state index in [4.69, 9.17) is 0 Å². The molecule has 4 aliphatic rings. The zero-order valence-corrected chi connectivity index (χ0v) is 21.9. The van der Waals surface area contributed by atoms with Crippen LogP contribution >= 0.6 is 0 Å². The van der Waals surface area contributed by atoms with E-state index in [1.165, 1.54) is 38.5 Å². The Bertz CT molecular complexity index is 756. The molecule has 0 radical (unpaired) electrons. The molecule has 1 nitrogen and oxygen atoms in total. The van der Waals surface area contributed by atoms with Crippen LogP contribution in [0.25, 0.3) is 0 Å². The Labute approximate surface area is 193 Å². The molecule has 0 bridgehead atoms. The second-order valence-corrected chi connectivity index (χ2v) is 13.7.